The molecule has 1 saturated heterocycles. The molecular formula is C17H36Cl2N4O2. The zero-order valence-electron chi connectivity index (χ0n) is 16.1. The molecule has 1 atom stereocenters. The number of nitrogens with zero attached hydrogens (tertiary/aromatic N) is 3. The van der Waals surface area contributed by atoms with Crippen LogP contribution in [0.1, 0.15) is 40.5 Å². The first-order valence-corrected chi connectivity index (χ1v) is 8.93. The first-order valence-electron chi connectivity index (χ1n) is 8.93. The Morgan fingerprint density at radius 1 is 1.04 bits per heavy atom. The summed E-state index contributed by atoms with van der Waals surface area (Å²) in [5.74, 6) is 0.644. The van der Waals surface area contributed by atoms with E-state index in [2.05, 4.69) is 18.7 Å². The highest BCUT2D eigenvalue weighted by atomic mass is 35.5. The molecule has 1 aliphatic rings. The third-order valence-electron chi connectivity index (χ3n) is 4.42. The largest absolute Gasteiger partial charge is 0.342 e. The van der Waals surface area contributed by atoms with Gasteiger partial charge in [-0.3, -0.25) is 14.5 Å². The van der Waals surface area contributed by atoms with Gasteiger partial charge in [-0.2, -0.15) is 0 Å². The van der Waals surface area contributed by atoms with Crippen molar-refractivity contribution < 1.29 is 9.59 Å². The van der Waals surface area contributed by atoms with Gasteiger partial charge in [0.15, 0.2) is 0 Å². The molecule has 1 rings (SSSR count). The number of halogens is 2. The number of likely N-dealkylation sites (N-methyl/N-ethyl adjacent to an activating group) is 1. The predicted molar refractivity (Wildman–Crippen MR) is 107 cm³/mol. The van der Waals surface area contributed by atoms with E-state index in [1.807, 2.05) is 23.6 Å². The zero-order chi connectivity index (χ0) is 17.4. The molecule has 0 aromatic heterocycles. The van der Waals surface area contributed by atoms with Crippen LogP contribution in [0.15, 0.2) is 0 Å². The molecule has 150 valence electrons. The molecular weight excluding hydrogens is 363 g/mol. The molecule has 6 nitrogen and oxygen atoms in total. The molecule has 0 radical (unpaired) electrons. The zero-order valence-corrected chi connectivity index (χ0v) is 17.7. The maximum absolute atomic E-state index is 12.4. The Labute approximate surface area is 165 Å². The van der Waals surface area contributed by atoms with Crippen LogP contribution in [0, 0.1) is 5.92 Å². The molecule has 0 saturated carbocycles. The molecule has 0 aliphatic carbocycles. The SMILES string of the molecule is CCN(CC)C(=O)CN1CCCN(C(=O)[C@@H](N)CC(C)C)CC1.Cl.Cl. The molecule has 0 unspecified atom stereocenters. The summed E-state index contributed by atoms with van der Waals surface area (Å²) in [6.07, 6.45) is 1.62. The van der Waals surface area contributed by atoms with Gasteiger partial charge < -0.3 is 15.5 Å². The smallest absolute Gasteiger partial charge is 0.239 e. The first-order chi connectivity index (χ1) is 10.9. The van der Waals surface area contributed by atoms with Crippen LogP contribution in [-0.2, 0) is 9.59 Å². The summed E-state index contributed by atoms with van der Waals surface area (Å²) in [7, 11) is 0. The highest BCUT2D eigenvalue weighted by Crippen LogP contribution is 2.09. The van der Waals surface area contributed by atoms with Gasteiger partial charge in [0.2, 0.25) is 11.8 Å². The van der Waals surface area contributed by atoms with Crippen LogP contribution in [-0.4, -0.2) is 78.4 Å². The van der Waals surface area contributed by atoms with E-state index in [1.54, 1.807) is 0 Å². The molecule has 1 fully saturated rings. The maximum atomic E-state index is 12.4. The highest BCUT2D eigenvalue weighted by molar-refractivity contribution is 5.85. The van der Waals surface area contributed by atoms with Gasteiger partial charge in [-0.15, -0.1) is 24.8 Å². The van der Waals surface area contributed by atoms with Gasteiger partial charge in [0, 0.05) is 39.3 Å². The van der Waals surface area contributed by atoms with E-state index < -0.39 is 6.04 Å². The van der Waals surface area contributed by atoms with Gasteiger partial charge >= 0.3 is 0 Å². The summed E-state index contributed by atoms with van der Waals surface area (Å²) in [5, 5.41) is 0. The molecule has 0 spiro atoms. The second kappa shape index (κ2) is 13.6. The van der Waals surface area contributed by atoms with Crippen molar-refractivity contribution >= 4 is 36.6 Å². The summed E-state index contributed by atoms with van der Waals surface area (Å²) >= 11 is 0. The fourth-order valence-electron chi connectivity index (χ4n) is 3.06. The minimum absolute atomic E-state index is 0. The Hall–Kier alpha value is -0.560. The van der Waals surface area contributed by atoms with E-state index >= 15 is 0 Å². The lowest BCUT2D eigenvalue weighted by molar-refractivity contribution is -0.132. The lowest BCUT2D eigenvalue weighted by Crippen LogP contribution is -2.46. The van der Waals surface area contributed by atoms with Crippen molar-refractivity contribution in [3.63, 3.8) is 0 Å². The Bertz CT molecular complexity index is 393. The second-order valence-electron chi connectivity index (χ2n) is 6.76. The summed E-state index contributed by atoms with van der Waals surface area (Å²) in [5.41, 5.74) is 6.03. The molecule has 25 heavy (non-hydrogen) atoms. The number of carbonyl (C=O) groups is 2. The molecule has 0 aromatic carbocycles. The number of rotatable bonds is 7. The van der Waals surface area contributed by atoms with E-state index in [0.29, 0.717) is 19.0 Å². The number of hydrogen-bond donors (Lipinski definition) is 1. The third kappa shape index (κ3) is 9.08. The van der Waals surface area contributed by atoms with Crippen LogP contribution in [0.4, 0.5) is 0 Å². The summed E-state index contributed by atoms with van der Waals surface area (Å²) < 4.78 is 0. The fraction of sp³-hybridized carbons (Fsp3) is 0.882. The molecule has 0 bridgehead atoms. The van der Waals surface area contributed by atoms with E-state index in [1.165, 1.54) is 0 Å². The molecule has 1 heterocycles. The van der Waals surface area contributed by atoms with Crippen LogP contribution in [0.5, 0.6) is 0 Å². The van der Waals surface area contributed by atoms with Crippen LogP contribution in [0.25, 0.3) is 0 Å². The van der Waals surface area contributed by atoms with Crippen molar-refractivity contribution in [1.29, 1.82) is 0 Å². The van der Waals surface area contributed by atoms with Crippen molar-refractivity contribution in [2.45, 2.75) is 46.6 Å². The van der Waals surface area contributed by atoms with Gasteiger partial charge in [0.25, 0.3) is 0 Å². The predicted octanol–water partition coefficient (Wildman–Crippen LogP) is 1.61. The normalized spacial score (nSPS) is 16.5. The second-order valence-corrected chi connectivity index (χ2v) is 6.76. The monoisotopic (exact) mass is 398 g/mol. The Kier molecular flexibility index (Phi) is 14.5. The van der Waals surface area contributed by atoms with Crippen molar-refractivity contribution in [3.8, 4) is 0 Å². The van der Waals surface area contributed by atoms with E-state index in [0.717, 1.165) is 45.6 Å². The van der Waals surface area contributed by atoms with Crippen LogP contribution < -0.4 is 5.73 Å². The van der Waals surface area contributed by atoms with Crippen LogP contribution >= 0.6 is 24.8 Å². The topological polar surface area (TPSA) is 69.9 Å². The Morgan fingerprint density at radius 3 is 2.16 bits per heavy atom. The molecule has 0 aromatic rings. The standard InChI is InChI=1S/C17H34N4O2.2ClH/c1-5-20(6-2)16(22)13-19-8-7-9-21(11-10-19)17(23)15(18)12-14(3)4;;/h14-15H,5-13,18H2,1-4H3;2*1H/t15-;;/m0../s1. The van der Waals surface area contributed by atoms with Crippen LogP contribution in [0.2, 0.25) is 0 Å². The average Bonchev–Trinajstić information content (AvgIpc) is 2.72. The van der Waals surface area contributed by atoms with Gasteiger partial charge in [-0.25, -0.2) is 0 Å². The third-order valence-corrected chi connectivity index (χ3v) is 4.42. The van der Waals surface area contributed by atoms with Crippen LogP contribution in [0.3, 0.4) is 0 Å². The van der Waals surface area contributed by atoms with Crippen molar-refractivity contribution in [2.75, 3.05) is 45.8 Å². The van der Waals surface area contributed by atoms with Gasteiger partial charge in [-0.05, 0) is 32.6 Å². The van der Waals surface area contributed by atoms with E-state index in [4.69, 9.17) is 5.73 Å². The minimum Gasteiger partial charge on any atom is -0.342 e. The molecule has 1 aliphatic heterocycles. The van der Waals surface area contributed by atoms with Gasteiger partial charge in [-0.1, -0.05) is 13.8 Å². The fourth-order valence-corrected chi connectivity index (χ4v) is 3.06. The summed E-state index contributed by atoms with van der Waals surface area (Å²) in [6.45, 7) is 13.1. The molecule has 2 N–H and O–H groups in total. The molecule has 8 heteroatoms. The Morgan fingerprint density at radius 2 is 1.64 bits per heavy atom. The minimum atomic E-state index is -0.404. The van der Waals surface area contributed by atoms with Gasteiger partial charge in [0.1, 0.15) is 0 Å². The van der Waals surface area contributed by atoms with E-state index in [-0.39, 0.29) is 36.6 Å². The quantitative estimate of drug-likeness (QED) is 0.706. The lowest BCUT2D eigenvalue weighted by Gasteiger charge is -2.26. The number of nitrogens with two attached hydrogens (primary N) is 1. The highest BCUT2D eigenvalue weighted by Gasteiger charge is 2.25. The van der Waals surface area contributed by atoms with E-state index in [9.17, 15) is 9.59 Å². The Balaban J connectivity index is 0. The summed E-state index contributed by atoms with van der Waals surface area (Å²) in [6, 6.07) is -0.404. The average molecular weight is 399 g/mol. The summed E-state index contributed by atoms with van der Waals surface area (Å²) in [4.78, 5) is 30.5. The van der Waals surface area contributed by atoms with Crippen molar-refractivity contribution in [1.82, 2.24) is 14.7 Å². The lowest BCUT2D eigenvalue weighted by atomic mass is 10.0. The number of carbonyl (C=O) groups excluding carboxylic acids is 2. The first kappa shape index (κ1) is 26.7. The number of hydrogen-bond acceptors (Lipinski definition) is 4. The maximum Gasteiger partial charge on any atom is 0.239 e. The van der Waals surface area contributed by atoms with Crippen molar-refractivity contribution in [2.24, 2.45) is 11.7 Å². The van der Waals surface area contributed by atoms with Gasteiger partial charge in [0.05, 0.1) is 12.6 Å². The number of amides is 2. The molecule has 2 amide bonds. The van der Waals surface area contributed by atoms with Crippen molar-refractivity contribution in [3.05, 3.63) is 0 Å².